The van der Waals surface area contributed by atoms with Crippen molar-refractivity contribution < 1.29 is 21.6 Å². The number of ether oxygens (including phenoxy) is 1. The van der Waals surface area contributed by atoms with Crippen molar-refractivity contribution in [1.82, 2.24) is 8.61 Å². The second-order valence-corrected chi connectivity index (χ2v) is 11.0. The predicted molar refractivity (Wildman–Crippen MR) is 101 cm³/mol. The van der Waals surface area contributed by atoms with Gasteiger partial charge >= 0.3 is 0 Å². The molecule has 2 saturated heterocycles. The van der Waals surface area contributed by atoms with Crippen LogP contribution in [0.4, 0.5) is 5.69 Å². The molecule has 11 heteroatoms. The van der Waals surface area contributed by atoms with Crippen LogP contribution in [0.15, 0.2) is 21.9 Å². The molecule has 4 rings (SSSR count). The van der Waals surface area contributed by atoms with E-state index < -0.39 is 26.3 Å². The molecule has 0 spiro atoms. The summed E-state index contributed by atoms with van der Waals surface area (Å²) in [4.78, 5) is -0.242. The average Bonchev–Trinajstić information content (AvgIpc) is 3.24. The number of sulfonamides is 2. The fourth-order valence-electron chi connectivity index (χ4n) is 4.01. The largest absolute Gasteiger partial charge is 0.368 e. The van der Waals surface area contributed by atoms with Crippen molar-refractivity contribution in [2.45, 2.75) is 54.8 Å². The van der Waals surface area contributed by atoms with Gasteiger partial charge < -0.3 is 10.1 Å². The first-order valence-corrected chi connectivity index (χ1v) is 12.3. The molecule has 27 heavy (non-hydrogen) atoms. The van der Waals surface area contributed by atoms with Gasteiger partial charge in [0.1, 0.15) is 16.0 Å². The summed E-state index contributed by atoms with van der Waals surface area (Å²) < 4.78 is 60.5. The number of anilines is 1. The van der Waals surface area contributed by atoms with Gasteiger partial charge in [-0.2, -0.15) is 8.61 Å². The number of hydrogen-bond donors (Lipinski definition) is 1. The number of fused-ring (bicyclic) bond motifs is 2. The van der Waals surface area contributed by atoms with Gasteiger partial charge in [-0.05, 0) is 44.7 Å². The topological polar surface area (TPSA) is 96.0 Å². The van der Waals surface area contributed by atoms with E-state index in [1.807, 2.05) is 0 Å². The van der Waals surface area contributed by atoms with Crippen molar-refractivity contribution in [3.63, 3.8) is 0 Å². The summed E-state index contributed by atoms with van der Waals surface area (Å²) in [5.74, 6) is 0. The molecule has 2 atom stereocenters. The Morgan fingerprint density at radius 1 is 1.26 bits per heavy atom. The van der Waals surface area contributed by atoms with E-state index in [4.69, 9.17) is 16.3 Å². The zero-order chi connectivity index (χ0) is 19.4. The Morgan fingerprint density at radius 2 is 2.00 bits per heavy atom. The van der Waals surface area contributed by atoms with Gasteiger partial charge in [0.15, 0.2) is 0 Å². The minimum atomic E-state index is -3.98. The molecule has 2 unspecified atom stereocenters. The number of nitrogens with one attached hydrogen (secondary N) is 1. The van der Waals surface area contributed by atoms with Gasteiger partial charge in [0.2, 0.25) is 20.0 Å². The Labute approximate surface area is 164 Å². The molecule has 0 radical (unpaired) electrons. The lowest BCUT2D eigenvalue weighted by molar-refractivity contribution is 0.00908. The van der Waals surface area contributed by atoms with Crippen molar-refractivity contribution in [3.8, 4) is 0 Å². The maximum Gasteiger partial charge on any atom is 0.246 e. The van der Waals surface area contributed by atoms with E-state index in [0.29, 0.717) is 44.6 Å². The lowest BCUT2D eigenvalue weighted by Gasteiger charge is -2.33. The lowest BCUT2D eigenvalue weighted by atomic mass is 10.2. The van der Waals surface area contributed by atoms with Gasteiger partial charge in [0.05, 0.1) is 16.9 Å². The molecule has 3 aliphatic heterocycles. The highest BCUT2D eigenvalue weighted by Gasteiger charge is 2.43. The summed E-state index contributed by atoms with van der Waals surface area (Å²) >= 11 is 6.29. The second kappa shape index (κ2) is 6.85. The Kier molecular flexibility index (Phi) is 4.93. The fraction of sp³-hybridized carbons (Fsp3) is 0.625. The first kappa shape index (κ1) is 19.4. The maximum atomic E-state index is 13.2. The molecule has 1 N–H and O–H groups in total. The van der Waals surface area contributed by atoms with Gasteiger partial charge in [0.25, 0.3) is 0 Å². The molecule has 8 nitrogen and oxygen atoms in total. The first-order valence-electron chi connectivity index (χ1n) is 9.02. The standard InChI is InChI=1S/C16H22ClN3O5S2/c1-2-25-16-6-4-8-20(16)26(21,22)13-10-14-12(9-11(13)17)18-15-5-3-7-19(15)27(14,23)24/h9-10,15-16,18H,2-8H2,1H3. The van der Waals surface area contributed by atoms with Crippen molar-refractivity contribution >= 4 is 37.3 Å². The minimum Gasteiger partial charge on any atom is -0.368 e. The van der Waals surface area contributed by atoms with E-state index in [9.17, 15) is 16.8 Å². The minimum absolute atomic E-state index is 0.00467. The molecular weight excluding hydrogens is 414 g/mol. The molecule has 0 aromatic heterocycles. The lowest BCUT2D eigenvalue weighted by Crippen LogP contribution is -2.44. The molecule has 1 aromatic carbocycles. The molecule has 0 aliphatic carbocycles. The zero-order valence-electron chi connectivity index (χ0n) is 14.9. The van der Waals surface area contributed by atoms with Crippen LogP contribution < -0.4 is 5.32 Å². The molecule has 150 valence electrons. The van der Waals surface area contributed by atoms with Crippen LogP contribution >= 0.6 is 11.6 Å². The molecular formula is C16H22ClN3O5S2. The van der Waals surface area contributed by atoms with Crippen LogP contribution in [-0.4, -0.2) is 57.5 Å². The van der Waals surface area contributed by atoms with E-state index in [2.05, 4.69) is 5.32 Å². The highest BCUT2D eigenvalue weighted by Crippen LogP contribution is 2.41. The van der Waals surface area contributed by atoms with Crippen LogP contribution in [-0.2, 0) is 24.8 Å². The summed E-state index contributed by atoms with van der Waals surface area (Å²) in [5.41, 5.74) is 0.352. The van der Waals surface area contributed by atoms with Crippen molar-refractivity contribution in [2.75, 3.05) is 25.0 Å². The summed E-state index contributed by atoms with van der Waals surface area (Å²) in [6.07, 6.45) is 1.90. The van der Waals surface area contributed by atoms with E-state index in [1.54, 1.807) is 6.92 Å². The predicted octanol–water partition coefficient (Wildman–Crippen LogP) is 2.02. The molecule has 0 amide bonds. The third-order valence-electron chi connectivity index (χ3n) is 5.24. The Hall–Kier alpha value is -0.910. The van der Waals surface area contributed by atoms with Gasteiger partial charge in [-0.25, -0.2) is 16.8 Å². The molecule has 0 bridgehead atoms. The van der Waals surface area contributed by atoms with E-state index in [0.717, 1.165) is 6.42 Å². The SMILES string of the molecule is CCOC1CCCN1S(=O)(=O)c1cc2c(cc1Cl)NC1CCCN1S2(=O)=O. The molecule has 1 aromatic rings. The van der Waals surface area contributed by atoms with Crippen LogP contribution in [0.2, 0.25) is 5.02 Å². The van der Waals surface area contributed by atoms with Gasteiger partial charge in [-0.3, -0.25) is 0 Å². The monoisotopic (exact) mass is 435 g/mol. The third kappa shape index (κ3) is 3.06. The van der Waals surface area contributed by atoms with Crippen LogP contribution in [0.5, 0.6) is 0 Å². The highest BCUT2D eigenvalue weighted by atomic mass is 35.5. The van der Waals surface area contributed by atoms with Crippen LogP contribution in [0, 0.1) is 0 Å². The molecule has 3 heterocycles. The van der Waals surface area contributed by atoms with Crippen LogP contribution in [0.25, 0.3) is 0 Å². The Balaban J connectivity index is 1.80. The third-order valence-corrected chi connectivity index (χ3v) is 9.54. The average molecular weight is 436 g/mol. The fourth-order valence-corrected chi connectivity index (χ4v) is 7.99. The normalized spacial score (nSPS) is 27.9. The van der Waals surface area contributed by atoms with E-state index >= 15 is 0 Å². The highest BCUT2D eigenvalue weighted by molar-refractivity contribution is 7.90. The molecule has 2 fully saturated rings. The van der Waals surface area contributed by atoms with E-state index in [1.165, 1.54) is 20.7 Å². The first-order chi connectivity index (χ1) is 12.8. The smallest absolute Gasteiger partial charge is 0.246 e. The van der Waals surface area contributed by atoms with E-state index in [-0.39, 0.29) is 21.0 Å². The van der Waals surface area contributed by atoms with Gasteiger partial charge in [0, 0.05) is 19.7 Å². The summed E-state index contributed by atoms with van der Waals surface area (Å²) in [6.45, 7) is 2.94. The maximum absolute atomic E-state index is 13.2. The number of rotatable bonds is 4. The Bertz CT molecular complexity index is 967. The summed E-state index contributed by atoms with van der Waals surface area (Å²) in [5, 5.41) is 3.17. The zero-order valence-corrected chi connectivity index (χ0v) is 17.3. The second-order valence-electron chi connectivity index (χ2n) is 6.86. The van der Waals surface area contributed by atoms with Crippen molar-refractivity contribution in [2.24, 2.45) is 0 Å². The van der Waals surface area contributed by atoms with Gasteiger partial charge in [-0.15, -0.1) is 0 Å². The molecule has 3 aliphatic rings. The number of benzene rings is 1. The van der Waals surface area contributed by atoms with Gasteiger partial charge in [-0.1, -0.05) is 11.6 Å². The Morgan fingerprint density at radius 3 is 2.74 bits per heavy atom. The molecule has 0 saturated carbocycles. The number of hydrogen-bond acceptors (Lipinski definition) is 6. The summed E-state index contributed by atoms with van der Waals surface area (Å²) in [7, 11) is -7.75. The number of halogens is 1. The van der Waals surface area contributed by atoms with Crippen LogP contribution in [0.3, 0.4) is 0 Å². The van der Waals surface area contributed by atoms with Crippen LogP contribution in [0.1, 0.15) is 32.6 Å². The quantitative estimate of drug-likeness (QED) is 0.777. The summed E-state index contributed by atoms with van der Waals surface area (Å²) in [6, 6.07) is 2.59. The van der Waals surface area contributed by atoms with Crippen molar-refractivity contribution in [3.05, 3.63) is 17.2 Å². The number of nitrogens with zero attached hydrogens (tertiary/aromatic N) is 2. The van der Waals surface area contributed by atoms with Crippen molar-refractivity contribution in [1.29, 1.82) is 0 Å².